The Kier molecular flexibility index (Phi) is 5.18. The highest BCUT2D eigenvalue weighted by Crippen LogP contribution is 2.32. The Balaban J connectivity index is 1.84. The molecule has 0 bridgehead atoms. The summed E-state index contributed by atoms with van der Waals surface area (Å²) < 4.78 is 0. The van der Waals surface area contributed by atoms with Gasteiger partial charge in [0.2, 0.25) is 0 Å². The van der Waals surface area contributed by atoms with Gasteiger partial charge in [0.1, 0.15) is 0 Å². The van der Waals surface area contributed by atoms with Gasteiger partial charge in [-0.05, 0) is 70.6 Å². The van der Waals surface area contributed by atoms with Gasteiger partial charge < -0.3 is 0 Å². The molecule has 0 aliphatic rings. The highest BCUT2D eigenvalue weighted by atomic mass is 14.6. The van der Waals surface area contributed by atoms with Crippen LogP contribution in [0.1, 0.15) is 36.5 Å². The van der Waals surface area contributed by atoms with Crippen LogP contribution < -0.4 is 0 Å². The molecule has 4 rings (SSSR count). The zero-order valence-electron chi connectivity index (χ0n) is 16.5. The number of allylic oxidation sites excluding steroid dienone is 1. The molecule has 0 aliphatic heterocycles. The number of fused-ring (bicyclic) bond motifs is 1. The summed E-state index contributed by atoms with van der Waals surface area (Å²) in [6.07, 6.45) is 7.15. The zero-order chi connectivity index (χ0) is 20.2. The van der Waals surface area contributed by atoms with Gasteiger partial charge in [-0.15, -0.1) is 0 Å². The van der Waals surface area contributed by atoms with Gasteiger partial charge in [-0.3, -0.25) is 9.97 Å². The van der Waals surface area contributed by atoms with E-state index < -0.39 is 0 Å². The second-order valence-electron chi connectivity index (χ2n) is 7.33. The van der Waals surface area contributed by atoms with Crippen molar-refractivity contribution in [2.24, 2.45) is 0 Å². The number of hydrogen-bond acceptors (Lipinski definition) is 3. The molecule has 2 heterocycles. The molecular weight excluding hydrogens is 354 g/mol. The molecule has 3 heteroatoms. The van der Waals surface area contributed by atoms with Gasteiger partial charge in [-0.1, -0.05) is 38.1 Å². The highest BCUT2D eigenvalue weighted by Gasteiger charge is 2.10. The summed E-state index contributed by atoms with van der Waals surface area (Å²) in [5.74, 6) is 0.429. The second-order valence-corrected chi connectivity index (χ2v) is 7.33. The van der Waals surface area contributed by atoms with Crippen LogP contribution in [0.3, 0.4) is 0 Å². The lowest BCUT2D eigenvalue weighted by molar-refractivity contribution is 0.869. The molecule has 3 nitrogen and oxygen atoms in total. The minimum atomic E-state index is 0.429. The van der Waals surface area contributed by atoms with Crippen molar-refractivity contribution in [2.45, 2.75) is 19.8 Å². The van der Waals surface area contributed by atoms with Gasteiger partial charge in [0.25, 0.3) is 0 Å². The van der Waals surface area contributed by atoms with E-state index in [-0.39, 0.29) is 0 Å². The lowest BCUT2D eigenvalue weighted by atomic mass is 9.93. The first-order valence-corrected chi connectivity index (χ1v) is 9.67. The van der Waals surface area contributed by atoms with Crippen LogP contribution in [-0.2, 0) is 0 Å². The van der Waals surface area contributed by atoms with Crippen LogP contribution in [0.4, 0.5) is 0 Å². The maximum atomic E-state index is 9.62. The molecule has 2 aromatic carbocycles. The Bertz CT molecular complexity index is 1230. The lowest BCUT2D eigenvalue weighted by Crippen LogP contribution is -1.92. The lowest BCUT2D eigenvalue weighted by Gasteiger charge is -2.13. The number of aromatic nitrogens is 2. The maximum Gasteiger partial charge on any atom is 0.0998 e. The summed E-state index contributed by atoms with van der Waals surface area (Å²) in [5.41, 5.74) is 6.95. The third kappa shape index (κ3) is 3.93. The normalized spacial score (nSPS) is 11.6. The van der Waals surface area contributed by atoms with Crippen molar-refractivity contribution < 1.29 is 0 Å². The van der Waals surface area contributed by atoms with Gasteiger partial charge in [0.15, 0.2) is 0 Å². The zero-order valence-corrected chi connectivity index (χ0v) is 16.5. The quantitative estimate of drug-likeness (QED) is 0.383. The summed E-state index contributed by atoms with van der Waals surface area (Å²) in [4.78, 5) is 8.67. The van der Waals surface area contributed by atoms with Crippen LogP contribution in [0.5, 0.6) is 0 Å². The van der Waals surface area contributed by atoms with Gasteiger partial charge in [0, 0.05) is 29.5 Å². The van der Waals surface area contributed by atoms with Crippen molar-refractivity contribution in [3.8, 4) is 17.2 Å². The Morgan fingerprint density at radius 3 is 2.55 bits per heavy atom. The molecule has 0 aliphatic carbocycles. The average Bonchev–Trinajstić information content (AvgIpc) is 2.77. The second kappa shape index (κ2) is 8.08. The Morgan fingerprint density at radius 2 is 1.79 bits per heavy atom. The summed E-state index contributed by atoms with van der Waals surface area (Å²) >= 11 is 0. The number of pyridine rings is 2. The minimum Gasteiger partial charge on any atom is -0.265 e. The maximum absolute atomic E-state index is 9.62. The van der Waals surface area contributed by atoms with Crippen molar-refractivity contribution in [3.63, 3.8) is 0 Å². The summed E-state index contributed by atoms with van der Waals surface area (Å²) in [5, 5.41) is 10.8. The van der Waals surface area contributed by atoms with Crippen molar-refractivity contribution in [1.82, 2.24) is 9.97 Å². The molecule has 0 fully saturated rings. The largest absolute Gasteiger partial charge is 0.265 e. The molecule has 0 spiro atoms. The predicted octanol–water partition coefficient (Wildman–Crippen LogP) is 6.48. The van der Waals surface area contributed by atoms with Crippen LogP contribution in [0, 0.1) is 11.3 Å². The van der Waals surface area contributed by atoms with E-state index in [9.17, 15) is 5.26 Å². The molecule has 0 unspecified atom stereocenters. The first-order valence-electron chi connectivity index (χ1n) is 9.67. The number of benzene rings is 2. The Morgan fingerprint density at radius 1 is 0.966 bits per heavy atom. The van der Waals surface area contributed by atoms with E-state index in [1.165, 1.54) is 5.56 Å². The van der Waals surface area contributed by atoms with Crippen molar-refractivity contribution in [2.75, 3.05) is 0 Å². The van der Waals surface area contributed by atoms with Crippen LogP contribution in [0.15, 0.2) is 79.3 Å². The number of rotatable bonds is 4. The van der Waals surface area contributed by atoms with Crippen molar-refractivity contribution in [1.29, 1.82) is 5.26 Å². The van der Waals surface area contributed by atoms with E-state index in [4.69, 9.17) is 0 Å². The van der Waals surface area contributed by atoms with E-state index in [1.54, 1.807) is 12.4 Å². The monoisotopic (exact) mass is 375 g/mol. The van der Waals surface area contributed by atoms with Gasteiger partial charge in [-0.25, -0.2) is 0 Å². The number of hydrogen-bond donors (Lipinski definition) is 0. The van der Waals surface area contributed by atoms with Crippen LogP contribution >= 0.6 is 0 Å². The van der Waals surface area contributed by atoms with E-state index >= 15 is 0 Å². The standard InChI is InChI=1S/C26H21N3/c1-18(2)23-15-22-7-4-10-29-26(22)25(16-23)21-6-3-5-19(13-21)14-24(17-27)20-8-11-28-12-9-20/h3-16,18H,1-2H3/b24-14-. The molecule has 4 aromatic rings. The number of nitriles is 1. The fourth-order valence-electron chi connectivity index (χ4n) is 3.44. The Hall–Kier alpha value is -3.77. The SMILES string of the molecule is CC(C)c1cc(-c2cccc(/C=C(/C#N)c3ccncc3)c2)c2ncccc2c1. The molecule has 0 saturated carbocycles. The molecule has 0 amide bonds. The fourth-order valence-corrected chi connectivity index (χ4v) is 3.44. The van der Waals surface area contributed by atoms with E-state index in [2.05, 4.69) is 60.2 Å². The van der Waals surface area contributed by atoms with Crippen molar-refractivity contribution in [3.05, 3.63) is 95.9 Å². The van der Waals surface area contributed by atoms with Crippen LogP contribution in [-0.4, -0.2) is 9.97 Å². The van der Waals surface area contributed by atoms with Crippen LogP contribution in [0.25, 0.3) is 33.7 Å². The molecule has 0 radical (unpaired) electrons. The van der Waals surface area contributed by atoms with Crippen molar-refractivity contribution >= 4 is 22.6 Å². The van der Waals surface area contributed by atoms with Gasteiger partial charge in [-0.2, -0.15) is 5.26 Å². The minimum absolute atomic E-state index is 0.429. The fraction of sp³-hybridized carbons (Fsp3) is 0.115. The van der Waals surface area contributed by atoms with Crippen LogP contribution in [0.2, 0.25) is 0 Å². The summed E-state index contributed by atoms with van der Waals surface area (Å²) in [6.45, 7) is 4.41. The van der Waals surface area contributed by atoms with Gasteiger partial charge >= 0.3 is 0 Å². The molecule has 29 heavy (non-hydrogen) atoms. The van der Waals surface area contributed by atoms with E-state index in [0.717, 1.165) is 33.2 Å². The Labute approximate surface area is 171 Å². The average molecular weight is 375 g/mol. The smallest absolute Gasteiger partial charge is 0.0998 e. The molecule has 140 valence electrons. The molecule has 2 aromatic heterocycles. The highest BCUT2D eigenvalue weighted by molar-refractivity contribution is 5.95. The predicted molar refractivity (Wildman–Crippen MR) is 119 cm³/mol. The first kappa shape index (κ1) is 18.6. The molecule has 0 N–H and O–H groups in total. The summed E-state index contributed by atoms with van der Waals surface area (Å²) in [6, 6.07) is 22.8. The summed E-state index contributed by atoms with van der Waals surface area (Å²) in [7, 11) is 0. The molecule has 0 atom stereocenters. The number of nitrogens with zero attached hydrogens (tertiary/aromatic N) is 3. The third-order valence-corrected chi connectivity index (χ3v) is 5.01. The molecule has 0 saturated heterocycles. The van der Waals surface area contributed by atoms with E-state index in [0.29, 0.717) is 11.5 Å². The first-order chi connectivity index (χ1) is 14.2. The topological polar surface area (TPSA) is 49.6 Å². The van der Waals surface area contributed by atoms with E-state index in [1.807, 2.05) is 42.6 Å². The third-order valence-electron chi connectivity index (χ3n) is 5.01. The molecular formula is C26H21N3. The van der Waals surface area contributed by atoms with Gasteiger partial charge in [0.05, 0.1) is 17.2 Å².